The Labute approximate surface area is 121 Å². The molecule has 0 saturated carbocycles. The molecule has 0 aliphatic heterocycles. The van der Waals surface area contributed by atoms with Crippen LogP contribution in [0.15, 0.2) is 42.5 Å². The van der Waals surface area contributed by atoms with Crippen LogP contribution >= 0.6 is 11.3 Å². The average Bonchev–Trinajstić information content (AvgIpc) is 2.80. The number of thiazole rings is 1. The van der Waals surface area contributed by atoms with Gasteiger partial charge in [0.15, 0.2) is 5.13 Å². The number of anilines is 1. The van der Waals surface area contributed by atoms with Crippen molar-refractivity contribution in [3.05, 3.63) is 59.4 Å². The summed E-state index contributed by atoms with van der Waals surface area (Å²) < 4.78 is 14.1. The number of hydrogen-bond acceptors (Lipinski definition) is 3. The minimum atomic E-state index is -0.212. The molecule has 20 heavy (non-hydrogen) atoms. The Morgan fingerprint density at radius 2 is 1.90 bits per heavy atom. The SMILES string of the molecule is Cc1ccc2sc(NC(C)c3ccc(F)cc3)nc2c1. The second-order valence-corrected chi connectivity index (χ2v) is 5.94. The van der Waals surface area contributed by atoms with Crippen LogP contribution in [0, 0.1) is 12.7 Å². The van der Waals surface area contributed by atoms with Gasteiger partial charge in [0.1, 0.15) is 5.82 Å². The van der Waals surface area contributed by atoms with Crippen molar-refractivity contribution in [2.75, 3.05) is 5.32 Å². The summed E-state index contributed by atoms with van der Waals surface area (Å²) in [7, 11) is 0. The number of fused-ring (bicyclic) bond motifs is 1. The summed E-state index contributed by atoms with van der Waals surface area (Å²) in [6.07, 6.45) is 0. The minimum Gasteiger partial charge on any atom is -0.355 e. The number of nitrogens with one attached hydrogen (secondary N) is 1. The molecule has 1 N–H and O–H groups in total. The van der Waals surface area contributed by atoms with Gasteiger partial charge in [-0.1, -0.05) is 29.5 Å². The summed E-state index contributed by atoms with van der Waals surface area (Å²) >= 11 is 1.64. The van der Waals surface area contributed by atoms with Crippen LogP contribution in [0.3, 0.4) is 0 Å². The second-order valence-electron chi connectivity index (χ2n) is 4.91. The van der Waals surface area contributed by atoms with Crippen molar-refractivity contribution < 1.29 is 4.39 Å². The van der Waals surface area contributed by atoms with Gasteiger partial charge in [-0.25, -0.2) is 9.37 Å². The van der Waals surface area contributed by atoms with Gasteiger partial charge in [-0.15, -0.1) is 0 Å². The van der Waals surface area contributed by atoms with E-state index in [4.69, 9.17) is 0 Å². The molecule has 0 fully saturated rings. The number of halogens is 1. The van der Waals surface area contributed by atoms with Crippen molar-refractivity contribution in [1.29, 1.82) is 0 Å². The summed E-state index contributed by atoms with van der Waals surface area (Å²) in [4.78, 5) is 4.59. The second kappa shape index (κ2) is 5.21. The lowest BCUT2D eigenvalue weighted by atomic mass is 10.1. The zero-order chi connectivity index (χ0) is 14.1. The highest BCUT2D eigenvalue weighted by Gasteiger charge is 2.09. The normalized spacial score (nSPS) is 12.6. The molecule has 0 aliphatic rings. The first kappa shape index (κ1) is 13.1. The van der Waals surface area contributed by atoms with Gasteiger partial charge in [0.25, 0.3) is 0 Å². The molecule has 0 spiro atoms. The number of aryl methyl sites for hydroxylation is 1. The molecule has 4 heteroatoms. The quantitative estimate of drug-likeness (QED) is 0.739. The summed E-state index contributed by atoms with van der Waals surface area (Å²) in [5.74, 6) is -0.212. The average molecular weight is 286 g/mol. The molecule has 1 aromatic heterocycles. The third-order valence-electron chi connectivity index (χ3n) is 3.25. The van der Waals surface area contributed by atoms with Crippen LogP contribution in [0.25, 0.3) is 10.2 Å². The number of benzene rings is 2. The van der Waals surface area contributed by atoms with Crippen LogP contribution in [0.1, 0.15) is 24.1 Å². The maximum absolute atomic E-state index is 12.9. The Balaban J connectivity index is 1.83. The fraction of sp³-hybridized carbons (Fsp3) is 0.188. The Morgan fingerprint density at radius 1 is 1.15 bits per heavy atom. The molecular formula is C16H15FN2S. The Morgan fingerprint density at radius 3 is 2.65 bits per heavy atom. The number of aromatic nitrogens is 1. The van der Waals surface area contributed by atoms with Gasteiger partial charge >= 0.3 is 0 Å². The van der Waals surface area contributed by atoms with Gasteiger partial charge in [-0.05, 0) is 49.2 Å². The van der Waals surface area contributed by atoms with E-state index in [2.05, 4.69) is 35.4 Å². The van der Waals surface area contributed by atoms with E-state index in [0.717, 1.165) is 16.2 Å². The van der Waals surface area contributed by atoms with E-state index in [9.17, 15) is 4.39 Å². The molecule has 2 nitrogen and oxygen atoms in total. The maximum atomic E-state index is 12.9. The van der Waals surface area contributed by atoms with Gasteiger partial charge in [-0.3, -0.25) is 0 Å². The van der Waals surface area contributed by atoms with Gasteiger partial charge in [0, 0.05) is 0 Å². The van der Waals surface area contributed by atoms with Gasteiger partial charge in [-0.2, -0.15) is 0 Å². The van der Waals surface area contributed by atoms with E-state index in [1.807, 2.05) is 6.92 Å². The van der Waals surface area contributed by atoms with Crippen LogP contribution in [0.4, 0.5) is 9.52 Å². The minimum absolute atomic E-state index is 0.0947. The highest BCUT2D eigenvalue weighted by atomic mass is 32.1. The maximum Gasteiger partial charge on any atom is 0.184 e. The summed E-state index contributed by atoms with van der Waals surface area (Å²) in [5, 5.41) is 4.26. The Hall–Kier alpha value is -1.94. The number of rotatable bonds is 3. The zero-order valence-electron chi connectivity index (χ0n) is 11.4. The molecule has 1 unspecified atom stereocenters. The summed E-state index contributed by atoms with van der Waals surface area (Å²) in [6, 6.07) is 12.9. The third kappa shape index (κ3) is 2.65. The molecule has 3 rings (SSSR count). The molecule has 102 valence electrons. The number of nitrogens with zero attached hydrogens (tertiary/aromatic N) is 1. The third-order valence-corrected chi connectivity index (χ3v) is 4.22. The molecule has 2 aromatic carbocycles. The van der Waals surface area contributed by atoms with E-state index < -0.39 is 0 Å². The van der Waals surface area contributed by atoms with Crippen LogP contribution in [0.2, 0.25) is 0 Å². The van der Waals surface area contributed by atoms with Crippen LogP contribution in [-0.4, -0.2) is 4.98 Å². The first-order chi connectivity index (χ1) is 9.61. The largest absolute Gasteiger partial charge is 0.355 e. The first-order valence-corrected chi connectivity index (χ1v) is 7.33. The van der Waals surface area contributed by atoms with E-state index in [-0.39, 0.29) is 11.9 Å². The molecule has 1 atom stereocenters. The van der Waals surface area contributed by atoms with Gasteiger partial charge < -0.3 is 5.32 Å². The zero-order valence-corrected chi connectivity index (χ0v) is 12.2. The van der Waals surface area contributed by atoms with Crippen LogP contribution in [0.5, 0.6) is 0 Å². The molecule has 3 aromatic rings. The first-order valence-electron chi connectivity index (χ1n) is 6.51. The van der Waals surface area contributed by atoms with E-state index in [1.54, 1.807) is 23.5 Å². The van der Waals surface area contributed by atoms with Gasteiger partial charge in [0.05, 0.1) is 16.3 Å². The number of hydrogen-bond donors (Lipinski definition) is 1. The standard InChI is InChI=1S/C16H15FN2S/c1-10-3-8-15-14(9-10)19-16(20-15)18-11(2)12-4-6-13(17)7-5-12/h3-9,11H,1-2H3,(H,18,19). The fourth-order valence-corrected chi connectivity index (χ4v) is 3.05. The van der Waals surface area contributed by atoms with Gasteiger partial charge in [0.2, 0.25) is 0 Å². The Kier molecular flexibility index (Phi) is 3.40. The smallest absolute Gasteiger partial charge is 0.184 e. The predicted molar refractivity (Wildman–Crippen MR) is 82.8 cm³/mol. The lowest BCUT2D eigenvalue weighted by Crippen LogP contribution is -2.06. The van der Waals surface area contributed by atoms with Crippen molar-refractivity contribution >= 4 is 26.7 Å². The van der Waals surface area contributed by atoms with Crippen LogP contribution < -0.4 is 5.32 Å². The Bertz CT molecular complexity index is 734. The molecule has 1 heterocycles. The highest BCUT2D eigenvalue weighted by molar-refractivity contribution is 7.22. The molecule has 0 aliphatic carbocycles. The molecule has 0 amide bonds. The van der Waals surface area contributed by atoms with Crippen molar-refractivity contribution in [3.63, 3.8) is 0 Å². The lowest BCUT2D eigenvalue weighted by Gasteiger charge is -2.12. The van der Waals surface area contributed by atoms with E-state index in [1.165, 1.54) is 22.4 Å². The molecular weight excluding hydrogens is 271 g/mol. The fourth-order valence-electron chi connectivity index (χ4n) is 2.12. The molecule has 0 bridgehead atoms. The topological polar surface area (TPSA) is 24.9 Å². The van der Waals surface area contributed by atoms with Crippen molar-refractivity contribution in [2.45, 2.75) is 19.9 Å². The lowest BCUT2D eigenvalue weighted by molar-refractivity contribution is 0.626. The highest BCUT2D eigenvalue weighted by Crippen LogP contribution is 2.29. The predicted octanol–water partition coefficient (Wildman–Crippen LogP) is 4.92. The molecule has 0 saturated heterocycles. The monoisotopic (exact) mass is 286 g/mol. The van der Waals surface area contributed by atoms with E-state index >= 15 is 0 Å². The van der Waals surface area contributed by atoms with Crippen LogP contribution in [-0.2, 0) is 0 Å². The van der Waals surface area contributed by atoms with Crippen molar-refractivity contribution in [2.24, 2.45) is 0 Å². The van der Waals surface area contributed by atoms with Crippen molar-refractivity contribution in [1.82, 2.24) is 4.98 Å². The van der Waals surface area contributed by atoms with Crippen molar-refractivity contribution in [3.8, 4) is 0 Å². The molecule has 0 radical (unpaired) electrons. The summed E-state index contributed by atoms with van der Waals surface area (Å²) in [5.41, 5.74) is 3.27. The van der Waals surface area contributed by atoms with E-state index in [0.29, 0.717) is 0 Å². The summed E-state index contributed by atoms with van der Waals surface area (Å²) in [6.45, 7) is 4.11.